The van der Waals surface area contributed by atoms with E-state index in [1.807, 2.05) is 43.3 Å². The van der Waals surface area contributed by atoms with E-state index in [0.717, 1.165) is 46.5 Å². The molecular formula is C30H26FN5O4S2. The van der Waals surface area contributed by atoms with E-state index in [9.17, 15) is 22.7 Å². The highest BCUT2D eigenvalue weighted by atomic mass is 32.2. The van der Waals surface area contributed by atoms with Crippen molar-refractivity contribution in [2.24, 2.45) is 11.1 Å². The van der Waals surface area contributed by atoms with Crippen LogP contribution in [0.1, 0.15) is 45.7 Å². The number of hydrogen-bond donors (Lipinski definition) is 2. The zero-order valence-electron chi connectivity index (χ0n) is 22.5. The molecule has 0 bridgehead atoms. The summed E-state index contributed by atoms with van der Waals surface area (Å²) in [6.45, 7) is 1.97. The number of hydrogen-bond acceptors (Lipinski definition) is 7. The van der Waals surface area contributed by atoms with Gasteiger partial charge in [-0.15, -0.1) is 11.3 Å². The van der Waals surface area contributed by atoms with Crippen molar-refractivity contribution in [3.05, 3.63) is 100 Å². The monoisotopic (exact) mass is 603 g/mol. The summed E-state index contributed by atoms with van der Waals surface area (Å²) in [6, 6.07) is 15.6. The van der Waals surface area contributed by atoms with Crippen molar-refractivity contribution in [2.75, 3.05) is 0 Å². The fourth-order valence-electron chi connectivity index (χ4n) is 4.88. The van der Waals surface area contributed by atoms with Crippen LogP contribution >= 0.6 is 11.3 Å². The van der Waals surface area contributed by atoms with Gasteiger partial charge >= 0.3 is 5.97 Å². The molecule has 3 heterocycles. The van der Waals surface area contributed by atoms with Crippen LogP contribution in [0.15, 0.2) is 71.1 Å². The highest BCUT2D eigenvalue weighted by Crippen LogP contribution is 2.38. The zero-order valence-corrected chi connectivity index (χ0v) is 24.1. The normalized spacial score (nSPS) is 13.4. The van der Waals surface area contributed by atoms with Gasteiger partial charge in [0.2, 0.25) is 15.2 Å². The van der Waals surface area contributed by atoms with Crippen LogP contribution in [-0.4, -0.2) is 39.2 Å². The van der Waals surface area contributed by atoms with Gasteiger partial charge < -0.3 is 5.11 Å². The predicted octanol–water partition coefficient (Wildman–Crippen LogP) is 5.39. The molecule has 0 aliphatic heterocycles. The Bertz CT molecular complexity index is 1930. The maximum Gasteiger partial charge on any atom is 0.355 e. The van der Waals surface area contributed by atoms with Crippen LogP contribution in [0.5, 0.6) is 0 Å². The van der Waals surface area contributed by atoms with Crippen LogP contribution in [0.3, 0.4) is 0 Å². The number of rotatable bonds is 9. The molecule has 1 aliphatic rings. The van der Waals surface area contributed by atoms with E-state index in [-0.39, 0.29) is 12.1 Å². The number of halogens is 1. The van der Waals surface area contributed by atoms with Gasteiger partial charge in [-0.1, -0.05) is 30.3 Å². The molecule has 0 radical (unpaired) electrons. The van der Waals surface area contributed by atoms with Gasteiger partial charge in [0.05, 0.1) is 17.1 Å². The van der Waals surface area contributed by atoms with E-state index in [4.69, 9.17) is 10.2 Å². The third-order valence-corrected chi connectivity index (χ3v) is 8.95. The first-order valence-electron chi connectivity index (χ1n) is 13.2. The SMILES string of the molecule is Cc1ccc(-c2cccc(-c3nn(-c4nc(C(=O)O)cs4)c(CC4CC4)c3Cc3ccc(S(N)(=O)=O)c(F)c3)c2)nc1. The van der Waals surface area contributed by atoms with Crippen molar-refractivity contribution in [2.45, 2.75) is 37.5 Å². The molecule has 1 aliphatic carbocycles. The van der Waals surface area contributed by atoms with Gasteiger partial charge in [-0.05, 0) is 67.5 Å². The lowest BCUT2D eigenvalue weighted by Crippen LogP contribution is -2.14. The maximum atomic E-state index is 14.9. The molecule has 0 amide bonds. The third kappa shape index (κ3) is 5.73. The summed E-state index contributed by atoms with van der Waals surface area (Å²) >= 11 is 1.18. The maximum absolute atomic E-state index is 14.9. The number of nitrogens with two attached hydrogens (primary N) is 1. The fraction of sp³-hybridized carbons (Fsp3) is 0.200. The van der Waals surface area contributed by atoms with Crippen LogP contribution in [-0.2, 0) is 22.9 Å². The number of carboxylic acid groups (broad SMARTS) is 1. The average Bonchev–Trinajstić information content (AvgIpc) is 3.50. The van der Waals surface area contributed by atoms with E-state index in [0.29, 0.717) is 28.7 Å². The lowest BCUT2D eigenvalue weighted by molar-refractivity contribution is 0.0691. The number of aromatic carboxylic acids is 1. The molecule has 9 nitrogen and oxygen atoms in total. The van der Waals surface area contributed by atoms with Crippen LogP contribution in [0.4, 0.5) is 4.39 Å². The average molecular weight is 604 g/mol. The Morgan fingerprint density at radius 2 is 1.93 bits per heavy atom. The molecule has 0 spiro atoms. The smallest absolute Gasteiger partial charge is 0.355 e. The second-order valence-electron chi connectivity index (χ2n) is 10.4. The minimum absolute atomic E-state index is 0.0703. The summed E-state index contributed by atoms with van der Waals surface area (Å²) in [5.41, 5.74) is 6.33. The molecule has 1 saturated carbocycles. The standard InChI is InChI=1S/C30H26FN5O4S2/c1-17-5-9-24(33-15-17)20-3-2-4-21(14-20)28-22(11-19-8-10-27(23(31)12-19)42(32,39)40)26(13-18-6-7-18)36(35-28)30-34-25(16-41-30)29(37)38/h2-5,8-10,12,14-16,18H,6-7,11,13H2,1H3,(H,37,38)(H2,32,39,40). The van der Waals surface area contributed by atoms with Gasteiger partial charge in [0, 0.05) is 34.7 Å². The third-order valence-electron chi connectivity index (χ3n) is 7.19. The van der Waals surface area contributed by atoms with Crippen molar-refractivity contribution < 1.29 is 22.7 Å². The number of carboxylic acids is 1. The molecule has 0 unspecified atom stereocenters. The minimum atomic E-state index is -4.21. The summed E-state index contributed by atoms with van der Waals surface area (Å²) in [6.07, 6.45) is 4.86. The lowest BCUT2D eigenvalue weighted by atomic mass is 9.95. The Morgan fingerprint density at radius 3 is 2.57 bits per heavy atom. The van der Waals surface area contributed by atoms with Gasteiger partial charge in [-0.3, -0.25) is 4.98 Å². The van der Waals surface area contributed by atoms with Gasteiger partial charge in [0.1, 0.15) is 10.7 Å². The first-order chi connectivity index (χ1) is 20.1. The Morgan fingerprint density at radius 1 is 1.14 bits per heavy atom. The second-order valence-corrected chi connectivity index (χ2v) is 12.8. The minimum Gasteiger partial charge on any atom is -0.476 e. The van der Waals surface area contributed by atoms with Crippen LogP contribution < -0.4 is 5.14 Å². The van der Waals surface area contributed by atoms with Crippen LogP contribution in [0.2, 0.25) is 0 Å². The first-order valence-corrected chi connectivity index (χ1v) is 15.6. The summed E-state index contributed by atoms with van der Waals surface area (Å²) in [7, 11) is -4.21. The Hall–Kier alpha value is -4.26. The molecule has 3 aromatic heterocycles. The molecular weight excluding hydrogens is 577 g/mol. The number of carbonyl (C=O) groups is 1. The lowest BCUT2D eigenvalue weighted by Gasteiger charge is -2.10. The molecule has 42 heavy (non-hydrogen) atoms. The fourth-order valence-corrected chi connectivity index (χ4v) is 6.24. The van der Waals surface area contributed by atoms with E-state index in [2.05, 4.69) is 9.97 Å². The molecule has 214 valence electrons. The van der Waals surface area contributed by atoms with Gasteiger partial charge in [0.15, 0.2) is 5.69 Å². The molecule has 0 atom stereocenters. The summed E-state index contributed by atoms with van der Waals surface area (Å²) in [5, 5.41) is 21.5. The molecule has 3 N–H and O–H groups in total. The summed E-state index contributed by atoms with van der Waals surface area (Å²) in [4.78, 5) is 19.9. The first kappa shape index (κ1) is 27.9. The molecule has 1 fully saturated rings. The molecule has 5 aromatic rings. The van der Waals surface area contributed by atoms with Gasteiger partial charge in [-0.2, -0.15) is 5.10 Å². The van der Waals surface area contributed by atoms with E-state index in [1.54, 1.807) is 16.9 Å². The number of primary sulfonamides is 1. The Labute approximate surface area is 245 Å². The summed E-state index contributed by atoms with van der Waals surface area (Å²) < 4.78 is 40.1. The van der Waals surface area contributed by atoms with Crippen molar-refractivity contribution in [1.82, 2.24) is 19.7 Å². The van der Waals surface area contributed by atoms with Crippen LogP contribution in [0.25, 0.3) is 27.6 Å². The Kier molecular flexibility index (Phi) is 7.21. The second kappa shape index (κ2) is 10.9. The largest absolute Gasteiger partial charge is 0.476 e. The molecule has 12 heteroatoms. The summed E-state index contributed by atoms with van der Waals surface area (Å²) in [5.74, 6) is -1.61. The molecule has 2 aromatic carbocycles. The van der Waals surface area contributed by atoms with E-state index in [1.165, 1.54) is 28.8 Å². The number of pyridine rings is 1. The number of benzene rings is 2. The zero-order chi connectivity index (χ0) is 29.6. The van der Waals surface area contributed by atoms with Crippen molar-refractivity contribution in [3.8, 4) is 27.6 Å². The van der Waals surface area contributed by atoms with Crippen LogP contribution in [0, 0.1) is 18.7 Å². The number of sulfonamides is 1. The van der Waals surface area contributed by atoms with Crippen molar-refractivity contribution in [1.29, 1.82) is 0 Å². The van der Waals surface area contributed by atoms with E-state index < -0.39 is 26.7 Å². The highest BCUT2D eigenvalue weighted by Gasteiger charge is 2.29. The van der Waals surface area contributed by atoms with Crippen molar-refractivity contribution >= 4 is 27.3 Å². The number of thiazole rings is 1. The topological polar surface area (TPSA) is 141 Å². The van der Waals surface area contributed by atoms with Crippen molar-refractivity contribution in [3.63, 3.8) is 0 Å². The number of nitrogens with zero attached hydrogens (tertiary/aromatic N) is 4. The Balaban J connectivity index is 1.52. The number of aryl methyl sites for hydroxylation is 1. The van der Waals surface area contributed by atoms with Gasteiger partial charge in [0.25, 0.3) is 0 Å². The van der Waals surface area contributed by atoms with Gasteiger partial charge in [-0.25, -0.2) is 32.4 Å². The quantitative estimate of drug-likeness (QED) is 0.230. The molecule has 6 rings (SSSR count). The highest BCUT2D eigenvalue weighted by molar-refractivity contribution is 7.89. The predicted molar refractivity (Wildman–Crippen MR) is 157 cm³/mol. The number of aromatic nitrogens is 4. The van der Waals surface area contributed by atoms with E-state index >= 15 is 0 Å². The molecule has 0 saturated heterocycles.